The standard InChI is InChI=1S/C9H17N2O3P/c1-3-13-15(12,14-4-2)9(10)8-6-5-7-11-8/h5-7,9,11H,3-4,10H2,1-2H3/t9-/m0/s1. The summed E-state index contributed by atoms with van der Waals surface area (Å²) < 4.78 is 22.5. The van der Waals surface area contributed by atoms with Crippen molar-refractivity contribution < 1.29 is 13.6 Å². The largest absolute Gasteiger partial charge is 0.363 e. The number of aromatic nitrogens is 1. The maximum absolute atomic E-state index is 12.2. The van der Waals surface area contributed by atoms with Crippen LogP contribution in [0.4, 0.5) is 0 Å². The molecule has 1 aromatic heterocycles. The number of H-pyrrole nitrogens is 1. The lowest BCUT2D eigenvalue weighted by Gasteiger charge is -2.22. The van der Waals surface area contributed by atoms with Gasteiger partial charge in [0.1, 0.15) is 5.78 Å². The summed E-state index contributed by atoms with van der Waals surface area (Å²) in [4.78, 5) is 2.90. The van der Waals surface area contributed by atoms with Gasteiger partial charge in [0.25, 0.3) is 0 Å². The predicted molar refractivity (Wildman–Crippen MR) is 58.6 cm³/mol. The van der Waals surface area contributed by atoms with Crippen molar-refractivity contribution in [1.29, 1.82) is 0 Å². The highest BCUT2D eigenvalue weighted by Gasteiger charge is 2.34. The molecule has 1 heterocycles. The molecule has 0 aliphatic rings. The summed E-state index contributed by atoms with van der Waals surface area (Å²) in [6, 6.07) is 3.55. The fourth-order valence-corrected chi connectivity index (χ4v) is 2.87. The lowest BCUT2D eigenvalue weighted by atomic mass is 10.4. The quantitative estimate of drug-likeness (QED) is 0.737. The summed E-state index contributed by atoms with van der Waals surface area (Å²) in [5.74, 6) is -0.757. The minimum absolute atomic E-state index is 0.311. The Hall–Kier alpha value is -0.610. The van der Waals surface area contributed by atoms with Gasteiger partial charge in [-0.15, -0.1) is 0 Å². The fourth-order valence-electron chi connectivity index (χ4n) is 1.26. The Balaban J connectivity index is 2.84. The zero-order valence-electron chi connectivity index (χ0n) is 8.97. The van der Waals surface area contributed by atoms with E-state index >= 15 is 0 Å². The predicted octanol–water partition coefficient (Wildman–Crippen LogP) is 2.24. The molecule has 6 heteroatoms. The first-order chi connectivity index (χ1) is 7.14. The van der Waals surface area contributed by atoms with Crippen LogP contribution in [0.5, 0.6) is 0 Å². The highest BCUT2D eigenvalue weighted by molar-refractivity contribution is 7.54. The van der Waals surface area contributed by atoms with Crippen molar-refractivity contribution in [3.8, 4) is 0 Å². The zero-order valence-corrected chi connectivity index (χ0v) is 9.87. The van der Waals surface area contributed by atoms with Crippen LogP contribution in [0, 0.1) is 0 Å². The van der Waals surface area contributed by atoms with E-state index in [0.29, 0.717) is 18.9 Å². The van der Waals surface area contributed by atoms with E-state index < -0.39 is 13.4 Å². The molecule has 0 aliphatic heterocycles. The Morgan fingerprint density at radius 3 is 2.47 bits per heavy atom. The second-order valence-corrected chi connectivity index (χ2v) is 5.10. The molecule has 3 N–H and O–H groups in total. The monoisotopic (exact) mass is 232 g/mol. The van der Waals surface area contributed by atoms with E-state index in [1.54, 1.807) is 32.2 Å². The maximum Gasteiger partial charge on any atom is 0.353 e. The van der Waals surface area contributed by atoms with Crippen LogP contribution in [0.25, 0.3) is 0 Å². The minimum atomic E-state index is -3.25. The number of aromatic amines is 1. The highest BCUT2D eigenvalue weighted by Crippen LogP contribution is 2.57. The number of hydrogen-bond acceptors (Lipinski definition) is 4. The smallest absolute Gasteiger partial charge is 0.353 e. The van der Waals surface area contributed by atoms with E-state index in [1.807, 2.05) is 0 Å². The van der Waals surface area contributed by atoms with Gasteiger partial charge in [0.15, 0.2) is 0 Å². The number of nitrogens with one attached hydrogen (secondary N) is 1. The van der Waals surface area contributed by atoms with E-state index in [9.17, 15) is 4.57 Å². The van der Waals surface area contributed by atoms with Gasteiger partial charge in [-0.1, -0.05) is 0 Å². The Bertz CT molecular complexity index is 316. The molecule has 0 saturated heterocycles. The van der Waals surface area contributed by atoms with Crippen LogP contribution < -0.4 is 5.73 Å². The van der Waals surface area contributed by atoms with Crippen molar-refractivity contribution in [1.82, 2.24) is 4.98 Å². The van der Waals surface area contributed by atoms with Crippen LogP contribution in [0.3, 0.4) is 0 Å². The molecule has 15 heavy (non-hydrogen) atoms. The minimum Gasteiger partial charge on any atom is -0.363 e. The molecule has 0 bridgehead atoms. The average molecular weight is 232 g/mol. The first kappa shape index (κ1) is 12.5. The lowest BCUT2D eigenvalue weighted by Crippen LogP contribution is -2.15. The third-order valence-electron chi connectivity index (χ3n) is 1.90. The van der Waals surface area contributed by atoms with Crippen molar-refractivity contribution in [2.45, 2.75) is 19.6 Å². The van der Waals surface area contributed by atoms with Crippen molar-refractivity contribution in [2.75, 3.05) is 13.2 Å². The van der Waals surface area contributed by atoms with Gasteiger partial charge in [-0.05, 0) is 26.0 Å². The summed E-state index contributed by atoms with van der Waals surface area (Å²) in [7, 11) is -3.25. The van der Waals surface area contributed by atoms with Gasteiger partial charge in [-0.3, -0.25) is 4.57 Å². The van der Waals surface area contributed by atoms with E-state index in [1.165, 1.54) is 0 Å². The molecule has 0 saturated carbocycles. The molecule has 1 atom stereocenters. The third-order valence-corrected chi connectivity index (χ3v) is 4.10. The molecule has 0 aliphatic carbocycles. The van der Waals surface area contributed by atoms with Gasteiger partial charge in [0.05, 0.1) is 13.2 Å². The first-order valence-electron chi connectivity index (χ1n) is 4.91. The Labute approximate surface area is 89.5 Å². The number of nitrogens with two attached hydrogens (primary N) is 1. The molecule has 5 nitrogen and oxygen atoms in total. The molecule has 1 rings (SSSR count). The van der Waals surface area contributed by atoms with Crippen LogP contribution in [0.2, 0.25) is 0 Å². The van der Waals surface area contributed by atoms with Crippen LogP contribution in [-0.2, 0) is 13.6 Å². The first-order valence-corrected chi connectivity index (χ1v) is 6.53. The Morgan fingerprint density at radius 1 is 1.47 bits per heavy atom. The Kier molecular flexibility index (Phi) is 4.54. The molecule has 0 unspecified atom stereocenters. The van der Waals surface area contributed by atoms with Crippen LogP contribution in [-0.4, -0.2) is 18.2 Å². The summed E-state index contributed by atoms with van der Waals surface area (Å²) in [6.45, 7) is 4.14. The van der Waals surface area contributed by atoms with E-state index in [-0.39, 0.29) is 0 Å². The van der Waals surface area contributed by atoms with Gasteiger partial charge in [-0.25, -0.2) is 0 Å². The molecule has 0 amide bonds. The van der Waals surface area contributed by atoms with Crippen LogP contribution in [0.1, 0.15) is 25.3 Å². The van der Waals surface area contributed by atoms with Crippen LogP contribution >= 0.6 is 7.60 Å². The zero-order chi connectivity index (χ0) is 11.3. The number of hydrogen-bond donors (Lipinski definition) is 2. The van der Waals surface area contributed by atoms with Crippen molar-refractivity contribution >= 4 is 7.60 Å². The highest BCUT2D eigenvalue weighted by atomic mass is 31.2. The van der Waals surface area contributed by atoms with Crippen molar-refractivity contribution in [2.24, 2.45) is 5.73 Å². The average Bonchev–Trinajstić information content (AvgIpc) is 2.70. The molecule has 0 aromatic carbocycles. The molecule has 0 radical (unpaired) electrons. The second-order valence-electron chi connectivity index (χ2n) is 2.95. The number of rotatable bonds is 6. The summed E-state index contributed by atoms with van der Waals surface area (Å²) in [5.41, 5.74) is 6.50. The molecule has 0 fully saturated rings. The third kappa shape index (κ3) is 2.92. The summed E-state index contributed by atoms with van der Waals surface area (Å²) >= 11 is 0. The van der Waals surface area contributed by atoms with Gasteiger partial charge in [0.2, 0.25) is 0 Å². The fraction of sp³-hybridized carbons (Fsp3) is 0.556. The molecule has 1 aromatic rings. The summed E-state index contributed by atoms with van der Waals surface area (Å²) in [6.07, 6.45) is 1.72. The van der Waals surface area contributed by atoms with Crippen molar-refractivity contribution in [3.05, 3.63) is 24.0 Å². The SMILES string of the molecule is CCOP(=O)(OCC)[C@H](N)c1ccc[nH]1. The molecular formula is C9H17N2O3P. The van der Waals surface area contributed by atoms with Gasteiger partial charge in [0, 0.05) is 11.9 Å². The van der Waals surface area contributed by atoms with Gasteiger partial charge < -0.3 is 19.8 Å². The second kappa shape index (κ2) is 5.47. The lowest BCUT2D eigenvalue weighted by molar-refractivity contribution is 0.212. The van der Waals surface area contributed by atoms with E-state index in [0.717, 1.165) is 0 Å². The van der Waals surface area contributed by atoms with E-state index in [2.05, 4.69) is 4.98 Å². The van der Waals surface area contributed by atoms with Gasteiger partial charge >= 0.3 is 7.60 Å². The van der Waals surface area contributed by atoms with Gasteiger partial charge in [-0.2, -0.15) is 0 Å². The van der Waals surface area contributed by atoms with E-state index in [4.69, 9.17) is 14.8 Å². The molecule has 0 spiro atoms. The van der Waals surface area contributed by atoms with Crippen LogP contribution in [0.15, 0.2) is 18.3 Å². The molecule has 86 valence electrons. The topological polar surface area (TPSA) is 77.3 Å². The maximum atomic E-state index is 12.2. The molecular weight excluding hydrogens is 215 g/mol. The summed E-state index contributed by atoms with van der Waals surface area (Å²) in [5, 5.41) is 0. The Morgan fingerprint density at radius 2 is 2.07 bits per heavy atom. The normalized spacial score (nSPS) is 14.1. The van der Waals surface area contributed by atoms with Crippen molar-refractivity contribution in [3.63, 3.8) is 0 Å².